The van der Waals surface area contributed by atoms with E-state index < -0.39 is 0 Å². The van der Waals surface area contributed by atoms with Crippen molar-refractivity contribution < 1.29 is 0 Å². The van der Waals surface area contributed by atoms with Crippen molar-refractivity contribution in [1.29, 1.82) is 0 Å². The summed E-state index contributed by atoms with van der Waals surface area (Å²) >= 11 is 1.75. The van der Waals surface area contributed by atoms with Crippen LogP contribution in [-0.4, -0.2) is 22.4 Å². The fourth-order valence-electron chi connectivity index (χ4n) is 2.50. The number of nitrogens with zero attached hydrogens (tertiary/aromatic N) is 2. The van der Waals surface area contributed by atoms with Crippen LogP contribution in [0.3, 0.4) is 0 Å². The van der Waals surface area contributed by atoms with Crippen molar-refractivity contribution in [2.45, 2.75) is 6.42 Å². The zero-order valence-corrected chi connectivity index (χ0v) is 10.3. The first kappa shape index (κ1) is 9.97. The van der Waals surface area contributed by atoms with E-state index in [4.69, 9.17) is 0 Å². The summed E-state index contributed by atoms with van der Waals surface area (Å²) in [6.45, 7) is 0.928. The smallest absolute Gasteiger partial charge is 0.114 e. The van der Waals surface area contributed by atoms with Crippen molar-refractivity contribution in [2.75, 3.05) is 12.8 Å². The number of thioether (sulfide) groups is 1. The largest absolute Gasteiger partial charge is 0.342 e. The molecule has 0 spiro atoms. The summed E-state index contributed by atoms with van der Waals surface area (Å²) in [6.07, 6.45) is 3.17. The summed E-state index contributed by atoms with van der Waals surface area (Å²) in [5.74, 6) is 0. The number of aromatic nitrogens is 1. The number of fused-ring (bicyclic) bond motifs is 3. The lowest BCUT2D eigenvalue weighted by Gasteiger charge is -2.13. The third-order valence-corrected chi connectivity index (χ3v) is 3.93. The Morgan fingerprint density at radius 3 is 2.94 bits per heavy atom. The molecular weight excluding hydrogens is 216 g/mol. The molecule has 82 valence electrons. The van der Waals surface area contributed by atoms with Gasteiger partial charge < -0.3 is 4.57 Å². The second-order valence-corrected chi connectivity index (χ2v) is 4.84. The van der Waals surface area contributed by atoms with Crippen LogP contribution in [0, 0.1) is 0 Å². The highest BCUT2D eigenvalue weighted by Crippen LogP contribution is 2.30. The van der Waals surface area contributed by atoms with Gasteiger partial charge in [-0.1, -0.05) is 18.2 Å². The molecule has 1 aliphatic rings. The van der Waals surface area contributed by atoms with E-state index in [1.54, 1.807) is 11.8 Å². The zero-order chi connectivity index (χ0) is 11.1. The Balaban J connectivity index is 2.39. The number of para-hydroxylation sites is 1. The molecule has 0 N–H and O–H groups in total. The molecule has 1 aliphatic heterocycles. The molecule has 0 radical (unpaired) electrons. The van der Waals surface area contributed by atoms with E-state index in [1.165, 1.54) is 27.2 Å². The van der Waals surface area contributed by atoms with Crippen LogP contribution in [0.4, 0.5) is 0 Å². The lowest BCUT2D eigenvalue weighted by molar-refractivity contribution is 0.894. The Hall–Kier alpha value is -1.22. The van der Waals surface area contributed by atoms with Crippen LogP contribution in [0.15, 0.2) is 29.3 Å². The normalized spacial score (nSPS) is 15.0. The third kappa shape index (κ3) is 1.24. The molecule has 0 saturated carbocycles. The predicted molar refractivity (Wildman–Crippen MR) is 71.5 cm³/mol. The zero-order valence-electron chi connectivity index (χ0n) is 9.53. The van der Waals surface area contributed by atoms with Crippen LogP contribution < -0.4 is 0 Å². The minimum absolute atomic E-state index is 0.928. The maximum absolute atomic E-state index is 4.60. The number of rotatable bonds is 0. The average molecular weight is 230 g/mol. The second kappa shape index (κ2) is 3.67. The first-order chi connectivity index (χ1) is 7.83. The fraction of sp³-hybridized carbons (Fsp3) is 0.308. The first-order valence-electron chi connectivity index (χ1n) is 5.48. The van der Waals surface area contributed by atoms with Crippen LogP contribution in [0.2, 0.25) is 0 Å². The van der Waals surface area contributed by atoms with E-state index in [-0.39, 0.29) is 0 Å². The van der Waals surface area contributed by atoms with Crippen molar-refractivity contribution in [1.82, 2.24) is 4.57 Å². The minimum atomic E-state index is 0.928. The molecule has 1 aromatic carbocycles. The molecule has 3 rings (SSSR count). The van der Waals surface area contributed by atoms with E-state index in [0.717, 1.165) is 13.0 Å². The summed E-state index contributed by atoms with van der Waals surface area (Å²) in [5.41, 5.74) is 4.11. The van der Waals surface area contributed by atoms with Gasteiger partial charge in [0.1, 0.15) is 5.04 Å². The number of aryl methyl sites for hydroxylation is 1. The minimum Gasteiger partial charge on any atom is -0.342 e. The molecule has 0 unspecified atom stereocenters. The van der Waals surface area contributed by atoms with Crippen LogP contribution in [0.1, 0.15) is 11.3 Å². The van der Waals surface area contributed by atoms with Crippen LogP contribution in [0.5, 0.6) is 0 Å². The van der Waals surface area contributed by atoms with Gasteiger partial charge in [-0.3, -0.25) is 4.99 Å². The number of hydrogen-bond donors (Lipinski definition) is 0. The van der Waals surface area contributed by atoms with Crippen LogP contribution in [-0.2, 0) is 13.5 Å². The van der Waals surface area contributed by atoms with Gasteiger partial charge in [-0.05, 0) is 24.3 Å². The Morgan fingerprint density at radius 1 is 1.31 bits per heavy atom. The van der Waals surface area contributed by atoms with Crippen molar-refractivity contribution in [3.05, 3.63) is 35.5 Å². The molecule has 0 aliphatic carbocycles. The molecule has 2 aromatic rings. The van der Waals surface area contributed by atoms with Crippen molar-refractivity contribution in [2.24, 2.45) is 12.0 Å². The van der Waals surface area contributed by atoms with Gasteiger partial charge in [0.15, 0.2) is 0 Å². The lowest BCUT2D eigenvalue weighted by Crippen LogP contribution is -2.12. The summed E-state index contributed by atoms with van der Waals surface area (Å²) in [5, 5.41) is 2.57. The molecule has 16 heavy (non-hydrogen) atoms. The maximum atomic E-state index is 4.60. The molecule has 0 bridgehead atoms. The highest BCUT2D eigenvalue weighted by atomic mass is 32.2. The standard InChI is InChI=1S/C13H14N2S/c1-15-11-6-4-3-5-9(11)10-7-8-14-13(16-2)12(10)15/h3-6H,7-8H2,1-2H3. The number of benzene rings is 1. The molecular formula is C13H14N2S. The molecule has 0 atom stereocenters. The van der Waals surface area contributed by atoms with Gasteiger partial charge in [0, 0.05) is 24.5 Å². The van der Waals surface area contributed by atoms with E-state index in [0.29, 0.717) is 0 Å². The first-order valence-corrected chi connectivity index (χ1v) is 6.70. The van der Waals surface area contributed by atoms with Crippen molar-refractivity contribution in [3.63, 3.8) is 0 Å². The van der Waals surface area contributed by atoms with Crippen LogP contribution >= 0.6 is 11.8 Å². The summed E-state index contributed by atoms with van der Waals surface area (Å²) in [4.78, 5) is 4.60. The Bertz CT molecular complexity index is 581. The Labute approximate surface area is 99.4 Å². The van der Waals surface area contributed by atoms with Crippen LogP contribution in [0.25, 0.3) is 10.9 Å². The van der Waals surface area contributed by atoms with Gasteiger partial charge in [-0.15, -0.1) is 11.8 Å². The Kier molecular flexibility index (Phi) is 2.28. The molecule has 0 saturated heterocycles. The summed E-state index contributed by atoms with van der Waals surface area (Å²) < 4.78 is 2.28. The average Bonchev–Trinajstić information content (AvgIpc) is 2.64. The molecule has 3 heteroatoms. The van der Waals surface area contributed by atoms with Gasteiger partial charge in [0.25, 0.3) is 0 Å². The monoisotopic (exact) mass is 230 g/mol. The van der Waals surface area contributed by atoms with E-state index in [1.807, 2.05) is 0 Å². The topological polar surface area (TPSA) is 17.3 Å². The molecule has 0 amide bonds. The molecule has 0 fully saturated rings. The highest BCUT2D eigenvalue weighted by Gasteiger charge is 2.21. The van der Waals surface area contributed by atoms with Gasteiger partial charge in [-0.2, -0.15) is 0 Å². The summed E-state index contributed by atoms with van der Waals surface area (Å²) in [6, 6.07) is 8.62. The van der Waals surface area contributed by atoms with Gasteiger partial charge >= 0.3 is 0 Å². The third-order valence-electron chi connectivity index (χ3n) is 3.22. The fourth-order valence-corrected chi connectivity index (χ4v) is 3.18. The number of aliphatic imine (C=N–C) groups is 1. The SMILES string of the molecule is CSC1=NCCc2c1n(C)c1ccccc21. The molecule has 2 nitrogen and oxygen atoms in total. The van der Waals surface area contributed by atoms with Gasteiger partial charge in [0.2, 0.25) is 0 Å². The lowest BCUT2D eigenvalue weighted by atomic mass is 10.1. The molecule has 1 aromatic heterocycles. The number of hydrogen-bond acceptors (Lipinski definition) is 2. The predicted octanol–water partition coefficient (Wildman–Crippen LogP) is 2.84. The van der Waals surface area contributed by atoms with Crippen molar-refractivity contribution >= 4 is 27.7 Å². The van der Waals surface area contributed by atoms with Gasteiger partial charge in [-0.25, -0.2) is 0 Å². The maximum Gasteiger partial charge on any atom is 0.114 e. The summed E-state index contributed by atoms with van der Waals surface area (Å²) in [7, 11) is 2.14. The van der Waals surface area contributed by atoms with Crippen molar-refractivity contribution in [3.8, 4) is 0 Å². The highest BCUT2D eigenvalue weighted by molar-refractivity contribution is 8.13. The van der Waals surface area contributed by atoms with E-state index in [2.05, 4.69) is 47.1 Å². The second-order valence-electron chi connectivity index (χ2n) is 4.04. The Morgan fingerprint density at radius 2 is 2.12 bits per heavy atom. The van der Waals surface area contributed by atoms with E-state index in [9.17, 15) is 0 Å². The van der Waals surface area contributed by atoms with Gasteiger partial charge in [0.05, 0.1) is 5.69 Å². The molecule has 2 heterocycles. The quantitative estimate of drug-likeness (QED) is 0.680. The van der Waals surface area contributed by atoms with E-state index >= 15 is 0 Å².